The third kappa shape index (κ3) is 2.93. The molecule has 0 radical (unpaired) electrons. The lowest BCUT2D eigenvalue weighted by atomic mass is 10.1. The molecule has 1 N–H and O–H groups in total. The van der Waals surface area contributed by atoms with E-state index in [9.17, 15) is 9.18 Å². The maximum atomic E-state index is 13.1. The molecule has 26 heavy (non-hydrogen) atoms. The molecule has 6 heteroatoms. The van der Waals surface area contributed by atoms with Crippen molar-refractivity contribution in [2.75, 3.05) is 5.32 Å². The van der Waals surface area contributed by atoms with Gasteiger partial charge >= 0.3 is 0 Å². The lowest BCUT2D eigenvalue weighted by Gasteiger charge is -2.08. The number of anilines is 1. The highest BCUT2D eigenvalue weighted by Gasteiger charge is 2.17. The second kappa shape index (κ2) is 6.40. The van der Waals surface area contributed by atoms with E-state index in [0.29, 0.717) is 22.9 Å². The summed E-state index contributed by atoms with van der Waals surface area (Å²) in [7, 11) is 0. The average Bonchev–Trinajstić information content (AvgIpc) is 3.01. The number of aromatic nitrogens is 3. The molecule has 0 saturated carbocycles. The molecule has 0 unspecified atom stereocenters. The Morgan fingerprint density at radius 3 is 2.54 bits per heavy atom. The van der Waals surface area contributed by atoms with Crippen LogP contribution in [0.25, 0.3) is 17.0 Å². The number of halogens is 1. The van der Waals surface area contributed by atoms with Crippen LogP contribution in [0.5, 0.6) is 0 Å². The van der Waals surface area contributed by atoms with Crippen LogP contribution in [-0.2, 0) is 0 Å². The smallest absolute Gasteiger partial charge is 0.256 e. The Morgan fingerprint density at radius 2 is 1.81 bits per heavy atom. The van der Waals surface area contributed by atoms with Gasteiger partial charge in [-0.25, -0.2) is 14.4 Å². The molecule has 0 spiro atoms. The van der Waals surface area contributed by atoms with E-state index in [0.717, 1.165) is 11.1 Å². The van der Waals surface area contributed by atoms with Crippen LogP contribution in [0.2, 0.25) is 0 Å². The number of hydrogen-bond acceptors (Lipinski definition) is 3. The van der Waals surface area contributed by atoms with Crippen LogP contribution in [0.1, 0.15) is 15.9 Å². The minimum atomic E-state index is -0.388. The molecule has 5 nitrogen and oxygen atoms in total. The molecule has 2 aromatic carbocycles. The lowest BCUT2D eigenvalue weighted by molar-refractivity contribution is 0.102. The van der Waals surface area contributed by atoms with Crippen molar-refractivity contribution in [1.82, 2.24) is 14.4 Å². The number of carbonyl (C=O) groups is 1. The largest absolute Gasteiger partial charge is 0.306 e. The highest BCUT2D eigenvalue weighted by molar-refractivity contribution is 6.05. The normalized spacial score (nSPS) is 10.8. The van der Waals surface area contributed by atoms with Crippen molar-refractivity contribution in [2.45, 2.75) is 6.92 Å². The maximum Gasteiger partial charge on any atom is 0.256 e. The van der Waals surface area contributed by atoms with E-state index in [2.05, 4.69) is 15.3 Å². The molecule has 4 rings (SSSR count). The molecule has 4 aromatic rings. The van der Waals surface area contributed by atoms with Crippen molar-refractivity contribution in [2.24, 2.45) is 0 Å². The zero-order valence-corrected chi connectivity index (χ0v) is 14.0. The van der Waals surface area contributed by atoms with Gasteiger partial charge in [-0.3, -0.25) is 9.20 Å². The number of amides is 1. The summed E-state index contributed by atoms with van der Waals surface area (Å²) in [6, 6.07) is 15.0. The minimum absolute atomic E-state index is 0.344. The molecule has 2 heterocycles. The first kappa shape index (κ1) is 16.0. The standard InChI is InChI=1S/C20H15FN4O/c1-13-3-5-14(6-4-13)17-18(25-12-2-11-22-20(25)23-17)24-19(26)15-7-9-16(21)10-8-15/h2-12H,1H3,(H,24,26). The molecule has 0 bridgehead atoms. The zero-order valence-electron chi connectivity index (χ0n) is 14.0. The highest BCUT2D eigenvalue weighted by Crippen LogP contribution is 2.28. The Balaban J connectivity index is 1.79. The van der Waals surface area contributed by atoms with Crippen molar-refractivity contribution in [3.05, 3.63) is 83.9 Å². The molecule has 0 aliphatic heterocycles. The van der Waals surface area contributed by atoms with Gasteiger partial charge in [0, 0.05) is 23.5 Å². The van der Waals surface area contributed by atoms with Crippen LogP contribution in [-0.4, -0.2) is 20.3 Å². The molecule has 0 aliphatic rings. The zero-order chi connectivity index (χ0) is 18.1. The summed E-state index contributed by atoms with van der Waals surface area (Å²) in [6.45, 7) is 2.01. The summed E-state index contributed by atoms with van der Waals surface area (Å²) in [6.07, 6.45) is 3.43. The van der Waals surface area contributed by atoms with E-state index >= 15 is 0 Å². The van der Waals surface area contributed by atoms with Gasteiger partial charge in [0.2, 0.25) is 5.78 Å². The van der Waals surface area contributed by atoms with E-state index in [1.54, 1.807) is 22.9 Å². The Morgan fingerprint density at radius 1 is 1.08 bits per heavy atom. The number of benzene rings is 2. The van der Waals surface area contributed by atoms with Gasteiger partial charge in [0.25, 0.3) is 5.91 Å². The molecule has 0 aliphatic carbocycles. The third-order valence-electron chi connectivity index (χ3n) is 4.07. The fourth-order valence-corrected chi connectivity index (χ4v) is 2.70. The van der Waals surface area contributed by atoms with Gasteiger partial charge in [-0.05, 0) is 37.3 Å². The summed E-state index contributed by atoms with van der Waals surface area (Å²) in [5, 5.41) is 2.88. The first-order valence-electron chi connectivity index (χ1n) is 8.09. The number of imidazole rings is 1. The topological polar surface area (TPSA) is 59.3 Å². The molecule has 1 amide bonds. The Hall–Kier alpha value is -3.54. The number of fused-ring (bicyclic) bond motifs is 1. The Labute approximate surface area is 149 Å². The summed E-state index contributed by atoms with van der Waals surface area (Å²) in [5.41, 5.74) is 2.99. The number of aryl methyl sites for hydroxylation is 1. The summed E-state index contributed by atoms with van der Waals surface area (Å²) < 4.78 is 14.8. The van der Waals surface area contributed by atoms with Crippen LogP contribution in [0, 0.1) is 12.7 Å². The minimum Gasteiger partial charge on any atom is -0.306 e. The monoisotopic (exact) mass is 346 g/mol. The second-order valence-electron chi connectivity index (χ2n) is 5.93. The fraction of sp³-hybridized carbons (Fsp3) is 0.0500. The average molecular weight is 346 g/mol. The van der Waals surface area contributed by atoms with Gasteiger partial charge in [-0.1, -0.05) is 29.8 Å². The number of nitrogens with zero attached hydrogens (tertiary/aromatic N) is 3. The summed E-state index contributed by atoms with van der Waals surface area (Å²) >= 11 is 0. The van der Waals surface area contributed by atoms with Crippen molar-refractivity contribution in [1.29, 1.82) is 0 Å². The van der Waals surface area contributed by atoms with Crippen molar-refractivity contribution in [3.63, 3.8) is 0 Å². The van der Waals surface area contributed by atoms with E-state index in [1.165, 1.54) is 24.3 Å². The van der Waals surface area contributed by atoms with Gasteiger partial charge < -0.3 is 5.32 Å². The van der Waals surface area contributed by atoms with Gasteiger partial charge in [-0.15, -0.1) is 0 Å². The van der Waals surface area contributed by atoms with Crippen LogP contribution in [0.4, 0.5) is 10.2 Å². The molecule has 0 fully saturated rings. The first-order chi connectivity index (χ1) is 12.6. The van der Waals surface area contributed by atoms with Crippen LogP contribution in [0.15, 0.2) is 67.0 Å². The summed E-state index contributed by atoms with van der Waals surface area (Å²) in [5.74, 6) is 0.272. The van der Waals surface area contributed by atoms with Gasteiger partial charge in [-0.2, -0.15) is 0 Å². The number of rotatable bonds is 3. The number of hydrogen-bond donors (Lipinski definition) is 1. The first-order valence-corrected chi connectivity index (χ1v) is 8.09. The third-order valence-corrected chi connectivity index (χ3v) is 4.07. The molecule has 0 atom stereocenters. The highest BCUT2D eigenvalue weighted by atomic mass is 19.1. The van der Waals surface area contributed by atoms with Crippen molar-refractivity contribution >= 4 is 17.5 Å². The fourth-order valence-electron chi connectivity index (χ4n) is 2.70. The predicted octanol–water partition coefficient (Wildman–Crippen LogP) is 4.10. The Bertz CT molecular complexity index is 1090. The quantitative estimate of drug-likeness (QED) is 0.608. The van der Waals surface area contributed by atoms with Crippen molar-refractivity contribution in [3.8, 4) is 11.3 Å². The SMILES string of the molecule is Cc1ccc(-c2nc3ncccn3c2NC(=O)c2ccc(F)cc2)cc1. The summed E-state index contributed by atoms with van der Waals surface area (Å²) in [4.78, 5) is 21.4. The lowest BCUT2D eigenvalue weighted by Crippen LogP contribution is -2.14. The van der Waals surface area contributed by atoms with E-state index in [-0.39, 0.29) is 11.7 Å². The predicted molar refractivity (Wildman–Crippen MR) is 97.5 cm³/mol. The van der Waals surface area contributed by atoms with E-state index < -0.39 is 0 Å². The number of nitrogens with one attached hydrogen (secondary N) is 1. The van der Waals surface area contributed by atoms with E-state index in [4.69, 9.17) is 0 Å². The Kier molecular flexibility index (Phi) is 3.93. The van der Waals surface area contributed by atoms with Crippen LogP contribution >= 0.6 is 0 Å². The van der Waals surface area contributed by atoms with Crippen LogP contribution in [0.3, 0.4) is 0 Å². The maximum absolute atomic E-state index is 13.1. The van der Waals surface area contributed by atoms with Gasteiger partial charge in [0.05, 0.1) is 0 Å². The molecular formula is C20H15FN4O. The number of carbonyl (C=O) groups excluding carboxylic acids is 1. The van der Waals surface area contributed by atoms with E-state index in [1.807, 2.05) is 31.2 Å². The van der Waals surface area contributed by atoms with Gasteiger partial charge in [0.1, 0.15) is 17.3 Å². The van der Waals surface area contributed by atoms with Gasteiger partial charge in [0.15, 0.2) is 0 Å². The molecule has 2 aromatic heterocycles. The second-order valence-corrected chi connectivity index (χ2v) is 5.93. The van der Waals surface area contributed by atoms with Crippen LogP contribution < -0.4 is 5.32 Å². The van der Waals surface area contributed by atoms with Crippen molar-refractivity contribution < 1.29 is 9.18 Å². The molecule has 0 saturated heterocycles. The molecular weight excluding hydrogens is 331 g/mol. The molecule has 128 valence electrons.